The number of anilines is 1. The number of carbonyl (C=O) groups is 1. The molecule has 1 aromatic carbocycles. The van der Waals surface area contributed by atoms with Crippen molar-refractivity contribution in [2.24, 2.45) is 0 Å². The van der Waals surface area contributed by atoms with E-state index in [0.29, 0.717) is 30.2 Å². The van der Waals surface area contributed by atoms with Crippen LogP contribution in [0.3, 0.4) is 0 Å². The molecule has 19 heavy (non-hydrogen) atoms. The summed E-state index contributed by atoms with van der Waals surface area (Å²) < 4.78 is 10.6. The Labute approximate surface area is 115 Å². The average molecular weight is 278 g/mol. The predicted octanol–water partition coefficient (Wildman–Crippen LogP) is 2.48. The fraction of sp³-hybridized carbons (Fsp3) is 0.231. The highest BCUT2D eigenvalue weighted by molar-refractivity contribution is 7.09. The lowest BCUT2D eigenvalue weighted by Gasteiger charge is -2.10. The van der Waals surface area contributed by atoms with Gasteiger partial charge in [0.1, 0.15) is 17.9 Å². The van der Waals surface area contributed by atoms with Crippen LogP contribution in [0.5, 0.6) is 5.75 Å². The van der Waals surface area contributed by atoms with Gasteiger partial charge < -0.3 is 15.2 Å². The second kappa shape index (κ2) is 6.19. The van der Waals surface area contributed by atoms with Gasteiger partial charge in [0.25, 0.3) is 0 Å². The molecule has 0 amide bonds. The van der Waals surface area contributed by atoms with Gasteiger partial charge in [0.15, 0.2) is 0 Å². The Morgan fingerprint density at radius 1 is 1.47 bits per heavy atom. The molecule has 0 aliphatic carbocycles. The Hall–Kier alpha value is -2.08. The van der Waals surface area contributed by atoms with Crippen molar-refractivity contribution in [2.75, 3.05) is 12.3 Å². The van der Waals surface area contributed by atoms with Crippen LogP contribution in [0.4, 0.5) is 5.69 Å². The Kier molecular flexibility index (Phi) is 4.35. The van der Waals surface area contributed by atoms with Crippen molar-refractivity contribution in [3.63, 3.8) is 0 Å². The number of esters is 1. The molecule has 2 N–H and O–H groups in total. The third-order valence-corrected chi connectivity index (χ3v) is 3.11. The Morgan fingerprint density at radius 3 is 3.00 bits per heavy atom. The maximum atomic E-state index is 11.8. The molecular formula is C13H14N2O3S. The third kappa shape index (κ3) is 3.45. The summed E-state index contributed by atoms with van der Waals surface area (Å²) in [5, 5.41) is 0. The van der Waals surface area contributed by atoms with Crippen LogP contribution in [-0.4, -0.2) is 17.6 Å². The fourth-order valence-electron chi connectivity index (χ4n) is 1.50. The highest BCUT2D eigenvalue weighted by atomic mass is 32.1. The van der Waals surface area contributed by atoms with E-state index in [1.807, 2.05) is 0 Å². The molecule has 100 valence electrons. The van der Waals surface area contributed by atoms with Crippen molar-refractivity contribution in [3.05, 3.63) is 40.3 Å². The van der Waals surface area contributed by atoms with Crippen molar-refractivity contribution in [2.45, 2.75) is 13.5 Å². The molecule has 5 nitrogen and oxygen atoms in total. The molecule has 1 aromatic heterocycles. The molecule has 1 heterocycles. The summed E-state index contributed by atoms with van der Waals surface area (Å²) in [5.74, 6) is 0.0233. The zero-order chi connectivity index (χ0) is 13.7. The minimum Gasteiger partial charge on any atom is -0.487 e. The van der Waals surface area contributed by atoms with Crippen molar-refractivity contribution < 1.29 is 14.3 Å². The van der Waals surface area contributed by atoms with Crippen LogP contribution in [0.25, 0.3) is 0 Å². The minimum atomic E-state index is -0.436. The normalized spacial score (nSPS) is 10.2. The molecule has 0 aliphatic heterocycles. The maximum absolute atomic E-state index is 11.8. The van der Waals surface area contributed by atoms with Gasteiger partial charge in [-0.05, 0) is 25.1 Å². The molecule has 0 saturated heterocycles. The number of aromatic nitrogens is 1. The lowest BCUT2D eigenvalue weighted by Crippen LogP contribution is -2.08. The van der Waals surface area contributed by atoms with Gasteiger partial charge in [0, 0.05) is 11.9 Å². The molecule has 0 bridgehead atoms. The number of hydrogen-bond acceptors (Lipinski definition) is 6. The van der Waals surface area contributed by atoms with E-state index in [1.165, 1.54) is 11.3 Å². The molecule has 0 atom stereocenters. The van der Waals surface area contributed by atoms with Crippen LogP contribution in [0.1, 0.15) is 22.2 Å². The summed E-state index contributed by atoms with van der Waals surface area (Å²) in [7, 11) is 0. The van der Waals surface area contributed by atoms with Gasteiger partial charge in [-0.15, -0.1) is 11.3 Å². The summed E-state index contributed by atoms with van der Waals surface area (Å²) in [4.78, 5) is 16.8. The Bertz CT molecular complexity index is 555. The highest BCUT2D eigenvalue weighted by Crippen LogP contribution is 2.24. The summed E-state index contributed by atoms with van der Waals surface area (Å²) in [6.07, 6.45) is 1.73. The van der Waals surface area contributed by atoms with Crippen molar-refractivity contribution >= 4 is 23.0 Å². The number of nitrogens with two attached hydrogens (primary N) is 1. The van der Waals surface area contributed by atoms with E-state index in [4.69, 9.17) is 15.2 Å². The third-order valence-electron chi connectivity index (χ3n) is 2.35. The van der Waals surface area contributed by atoms with Gasteiger partial charge in [-0.2, -0.15) is 0 Å². The number of thiazole rings is 1. The van der Waals surface area contributed by atoms with E-state index in [-0.39, 0.29) is 0 Å². The Balaban J connectivity index is 2.16. The number of nitrogen functional groups attached to an aromatic ring is 1. The van der Waals surface area contributed by atoms with Gasteiger partial charge in [-0.1, -0.05) is 0 Å². The average Bonchev–Trinajstić information content (AvgIpc) is 2.90. The van der Waals surface area contributed by atoms with E-state index in [1.54, 1.807) is 36.8 Å². The SMILES string of the molecule is CCOC(=O)c1cc(N)ccc1OCc1cncs1. The Morgan fingerprint density at radius 2 is 2.32 bits per heavy atom. The molecule has 0 fully saturated rings. The lowest BCUT2D eigenvalue weighted by molar-refractivity contribution is 0.0521. The fourth-order valence-corrected chi connectivity index (χ4v) is 2.01. The first-order valence-electron chi connectivity index (χ1n) is 5.77. The van der Waals surface area contributed by atoms with Gasteiger partial charge in [-0.25, -0.2) is 4.79 Å². The van der Waals surface area contributed by atoms with Gasteiger partial charge in [0.05, 0.1) is 17.0 Å². The van der Waals surface area contributed by atoms with Crippen LogP contribution in [-0.2, 0) is 11.3 Å². The van der Waals surface area contributed by atoms with Gasteiger partial charge >= 0.3 is 5.97 Å². The smallest absolute Gasteiger partial charge is 0.341 e. The summed E-state index contributed by atoms with van der Waals surface area (Å²) in [5.41, 5.74) is 8.24. The standard InChI is InChI=1S/C13H14N2O3S/c1-2-17-13(16)11-5-9(14)3-4-12(11)18-7-10-6-15-8-19-10/h3-6,8H,2,7,14H2,1H3. The van der Waals surface area contributed by atoms with Crippen LogP contribution in [0.15, 0.2) is 29.9 Å². The second-order valence-electron chi connectivity index (χ2n) is 3.73. The number of nitrogens with zero attached hydrogens (tertiary/aromatic N) is 1. The van der Waals surface area contributed by atoms with E-state index in [2.05, 4.69) is 4.98 Å². The minimum absolute atomic E-state index is 0.307. The zero-order valence-corrected chi connectivity index (χ0v) is 11.3. The molecule has 0 unspecified atom stereocenters. The van der Waals surface area contributed by atoms with Crippen LogP contribution in [0, 0.1) is 0 Å². The van der Waals surface area contributed by atoms with Crippen molar-refractivity contribution in [3.8, 4) is 5.75 Å². The molecule has 0 radical (unpaired) electrons. The number of rotatable bonds is 5. The molecular weight excluding hydrogens is 264 g/mol. The van der Waals surface area contributed by atoms with E-state index >= 15 is 0 Å². The van der Waals surface area contributed by atoms with Crippen molar-refractivity contribution in [1.82, 2.24) is 4.98 Å². The quantitative estimate of drug-likeness (QED) is 0.671. The van der Waals surface area contributed by atoms with E-state index in [0.717, 1.165) is 4.88 Å². The molecule has 0 spiro atoms. The zero-order valence-electron chi connectivity index (χ0n) is 10.5. The van der Waals surface area contributed by atoms with Gasteiger partial charge in [0.2, 0.25) is 0 Å². The highest BCUT2D eigenvalue weighted by Gasteiger charge is 2.14. The maximum Gasteiger partial charge on any atom is 0.341 e. The summed E-state index contributed by atoms with van der Waals surface area (Å²) in [6.45, 7) is 2.42. The first-order valence-corrected chi connectivity index (χ1v) is 6.65. The predicted molar refractivity (Wildman–Crippen MR) is 73.3 cm³/mol. The molecule has 6 heteroatoms. The number of carbonyl (C=O) groups excluding carboxylic acids is 1. The topological polar surface area (TPSA) is 74.4 Å². The first kappa shape index (κ1) is 13.4. The lowest BCUT2D eigenvalue weighted by atomic mass is 10.2. The molecule has 2 rings (SSSR count). The number of benzene rings is 1. The molecule has 0 saturated carbocycles. The summed E-state index contributed by atoms with van der Waals surface area (Å²) >= 11 is 1.49. The van der Waals surface area contributed by atoms with E-state index < -0.39 is 5.97 Å². The first-order chi connectivity index (χ1) is 9.20. The number of hydrogen-bond donors (Lipinski definition) is 1. The van der Waals surface area contributed by atoms with Crippen LogP contribution < -0.4 is 10.5 Å². The van der Waals surface area contributed by atoms with Gasteiger partial charge in [-0.3, -0.25) is 4.98 Å². The monoisotopic (exact) mass is 278 g/mol. The van der Waals surface area contributed by atoms with Crippen molar-refractivity contribution in [1.29, 1.82) is 0 Å². The van der Waals surface area contributed by atoms with Crippen LogP contribution >= 0.6 is 11.3 Å². The van der Waals surface area contributed by atoms with Crippen LogP contribution in [0.2, 0.25) is 0 Å². The molecule has 0 aliphatic rings. The summed E-state index contributed by atoms with van der Waals surface area (Å²) in [6, 6.07) is 4.91. The van der Waals surface area contributed by atoms with E-state index in [9.17, 15) is 4.79 Å². The molecule has 2 aromatic rings. The largest absolute Gasteiger partial charge is 0.487 e. The second-order valence-corrected chi connectivity index (χ2v) is 4.70. The number of ether oxygens (including phenoxy) is 2.